The summed E-state index contributed by atoms with van der Waals surface area (Å²) in [6, 6.07) is 14.2. The lowest BCUT2D eigenvalue weighted by atomic mass is 10.0. The highest BCUT2D eigenvalue weighted by Crippen LogP contribution is 2.28. The number of pyridine rings is 1. The number of fused-ring (bicyclic) bond motifs is 1. The number of rotatable bonds is 7. The quantitative estimate of drug-likeness (QED) is 0.601. The van der Waals surface area contributed by atoms with Crippen molar-refractivity contribution in [1.82, 2.24) is 4.98 Å². The van der Waals surface area contributed by atoms with Crippen LogP contribution in [0.15, 0.2) is 54.7 Å². The van der Waals surface area contributed by atoms with Gasteiger partial charge in [0.1, 0.15) is 0 Å². The van der Waals surface area contributed by atoms with Crippen molar-refractivity contribution in [2.45, 2.75) is 12.8 Å². The van der Waals surface area contributed by atoms with Gasteiger partial charge in [-0.15, -0.1) is 0 Å². The lowest BCUT2D eigenvalue weighted by molar-refractivity contribution is 0.0917. The van der Waals surface area contributed by atoms with Gasteiger partial charge in [0.15, 0.2) is 23.1 Å². The van der Waals surface area contributed by atoms with Crippen LogP contribution in [0.25, 0.3) is 10.9 Å². The zero-order valence-corrected chi connectivity index (χ0v) is 14.7. The Bertz CT molecular complexity index is 965. The van der Waals surface area contributed by atoms with E-state index in [4.69, 9.17) is 9.47 Å². The molecular weight excluding hydrogens is 330 g/mol. The summed E-state index contributed by atoms with van der Waals surface area (Å²) in [6.07, 6.45) is 1.97. The van der Waals surface area contributed by atoms with Crippen molar-refractivity contribution in [3.63, 3.8) is 0 Å². The molecule has 3 aromatic rings. The highest BCUT2D eigenvalue weighted by molar-refractivity contribution is 6.03. The lowest BCUT2D eigenvalue weighted by Gasteiger charge is -2.09. The predicted octanol–water partition coefficient (Wildman–Crippen LogP) is 4.10. The molecule has 0 unspecified atom stereocenters. The minimum Gasteiger partial charge on any atom is -0.493 e. The molecule has 2 aromatic carbocycles. The van der Waals surface area contributed by atoms with Crippen LogP contribution >= 0.6 is 0 Å². The van der Waals surface area contributed by atoms with Gasteiger partial charge in [0.2, 0.25) is 0 Å². The van der Waals surface area contributed by atoms with Crippen LogP contribution < -0.4 is 9.47 Å². The van der Waals surface area contributed by atoms with Crippen molar-refractivity contribution in [3.05, 3.63) is 65.9 Å². The molecular formula is C21H19NO4. The summed E-state index contributed by atoms with van der Waals surface area (Å²) in [4.78, 5) is 29.1. The first-order valence-corrected chi connectivity index (χ1v) is 8.25. The number of carbonyl (C=O) groups is 2. The number of Topliss-reactive ketones (excluding diaryl/α,β-unsaturated/α-hetero) is 2. The van der Waals surface area contributed by atoms with Gasteiger partial charge in [0.05, 0.1) is 19.7 Å². The third kappa shape index (κ3) is 3.72. The Morgan fingerprint density at radius 3 is 2.19 bits per heavy atom. The highest BCUT2D eigenvalue weighted by Gasteiger charge is 2.14. The van der Waals surface area contributed by atoms with Gasteiger partial charge < -0.3 is 9.47 Å². The second kappa shape index (κ2) is 7.78. The lowest BCUT2D eigenvalue weighted by Crippen LogP contribution is -2.06. The zero-order chi connectivity index (χ0) is 18.5. The van der Waals surface area contributed by atoms with Crippen LogP contribution in [0.3, 0.4) is 0 Å². The molecule has 26 heavy (non-hydrogen) atoms. The first kappa shape index (κ1) is 17.6. The van der Waals surface area contributed by atoms with Gasteiger partial charge in [-0.3, -0.25) is 14.6 Å². The minimum atomic E-state index is -0.113. The first-order chi connectivity index (χ1) is 12.6. The fourth-order valence-corrected chi connectivity index (χ4v) is 2.77. The van der Waals surface area contributed by atoms with E-state index in [9.17, 15) is 9.59 Å². The summed E-state index contributed by atoms with van der Waals surface area (Å²) >= 11 is 0. The standard InChI is InChI=1S/C21H19NO4/c1-25-20-10-7-16(13-21(20)26-2)19(24)9-8-18(23)15-6-5-14-4-3-11-22-17(14)12-15/h3-7,10-13H,8-9H2,1-2H3. The molecule has 0 amide bonds. The van der Waals surface area contributed by atoms with Crippen LogP contribution in [0, 0.1) is 0 Å². The molecule has 0 aliphatic rings. The average molecular weight is 349 g/mol. The molecule has 1 heterocycles. The Labute approximate surface area is 151 Å². The molecule has 3 rings (SSSR count). The molecule has 0 aliphatic heterocycles. The van der Waals surface area contributed by atoms with Crippen molar-refractivity contribution in [2.75, 3.05) is 14.2 Å². The summed E-state index contributed by atoms with van der Waals surface area (Å²) in [5, 5.41) is 0.977. The summed E-state index contributed by atoms with van der Waals surface area (Å²) < 4.78 is 10.4. The topological polar surface area (TPSA) is 65.5 Å². The maximum absolute atomic E-state index is 12.4. The number of aromatic nitrogens is 1. The van der Waals surface area contributed by atoms with Crippen LogP contribution in [0.4, 0.5) is 0 Å². The molecule has 0 saturated heterocycles. The second-order valence-electron chi connectivity index (χ2n) is 5.83. The summed E-state index contributed by atoms with van der Waals surface area (Å²) in [6.45, 7) is 0. The van der Waals surface area contributed by atoms with E-state index in [0.717, 1.165) is 10.9 Å². The number of ketones is 2. The summed E-state index contributed by atoms with van der Waals surface area (Å²) in [7, 11) is 3.06. The Balaban J connectivity index is 1.69. The number of benzene rings is 2. The third-order valence-corrected chi connectivity index (χ3v) is 4.21. The van der Waals surface area contributed by atoms with Gasteiger partial charge in [-0.25, -0.2) is 0 Å². The fraction of sp³-hybridized carbons (Fsp3) is 0.190. The molecule has 0 saturated carbocycles. The number of hydrogen-bond acceptors (Lipinski definition) is 5. The van der Waals surface area contributed by atoms with Gasteiger partial charge in [-0.1, -0.05) is 18.2 Å². The van der Waals surface area contributed by atoms with E-state index in [0.29, 0.717) is 22.6 Å². The first-order valence-electron chi connectivity index (χ1n) is 8.25. The summed E-state index contributed by atoms with van der Waals surface area (Å²) in [5.41, 5.74) is 1.83. The monoisotopic (exact) mass is 349 g/mol. The van der Waals surface area contributed by atoms with Crippen LogP contribution in [0.5, 0.6) is 11.5 Å². The van der Waals surface area contributed by atoms with E-state index in [2.05, 4.69) is 4.98 Å². The average Bonchev–Trinajstić information content (AvgIpc) is 2.70. The molecule has 0 spiro atoms. The van der Waals surface area contributed by atoms with E-state index in [1.807, 2.05) is 18.2 Å². The zero-order valence-electron chi connectivity index (χ0n) is 14.7. The maximum atomic E-state index is 12.4. The molecule has 0 bridgehead atoms. The molecule has 0 atom stereocenters. The Morgan fingerprint density at radius 2 is 1.50 bits per heavy atom. The molecule has 0 aliphatic carbocycles. The third-order valence-electron chi connectivity index (χ3n) is 4.21. The maximum Gasteiger partial charge on any atom is 0.163 e. The van der Waals surface area contributed by atoms with Gasteiger partial charge in [-0.2, -0.15) is 0 Å². The Hall–Kier alpha value is -3.21. The van der Waals surface area contributed by atoms with E-state index in [1.165, 1.54) is 14.2 Å². The highest BCUT2D eigenvalue weighted by atomic mass is 16.5. The Morgan fingerprint density at radius 1 is 0.846 bits per heavy atom. The summed E-state index contributed by atoms with van der Waals surface area (Å²) in [5.74, 6) is 0.860. The number of ether oxygens (including phenoxy) is 2. The van der Waals surface area contributed by atoms with E-state index >= 15 is 0 Å². The fourth-order valence-electron chi connectivity index (χ4n) is 2.77. The number of methoxy groups -OCH3 is 2. The van der Waals surface area contributed by atoms with E-state index in [1.54, 1.807) is 36.5 Å². The van der Waals surface area contributed by atoms with Crippen molar-refractivity contribution >= 4 is 22.5 Å². The van der Waals surface area contributed by atoms with Crippen molar-refractivity contribution in [2.24, 2.45) is 0 Å². The molecule has 5 heteroatoms. The molecule has 1 aromatic heterocycles. The van der Waals surface area contributed by atoms with Gasteiger partial charge >= 0.3 is 0 Å². The predicted molar refractivity (Wildman–Crippen MR) is 99.2 cm³/mol. The van der Waals surface area contributed by atoms with Crippen LogP contribution in [-0.2, 0) is 0 Å². The largest absolute Gasteiger partial charge is 0.493 e. The van der Waals surface area contributed by atoms with E-state index < -0.39 is 0 Å². The number of carbonyl (C=O) groups excluding carboxylic acids is 2. The second-order valence-corrected chi connectivity index (χ2v) is 5.83. The molecule has 5 nitrogen and oxygen atoms in total. The Kier molecular flexibility index (Phi) is 5.27. The molecule has 0 N–H and O–H groups in total. The van der Waals surface area contributed by atoms with E-state index in [-0.39, 0.29) is 24.4 Å². The van der Waals surface area contributed by atoms with Gasteiger partial charge in [0, 0.05) is 35.6 Å². The molecule has 0 radical (unpaired) electrons. The number of nitrogens with zero attached hydrogens (tertiary/aromatic N) is 1. The van der Waals surface area contributed by atoms with Crippen LogP contribution in [-0.4, -0.2) is 30.8 Å². The van der Waals surface area contributed by atoms with Gasteiger partial charge in [-0.05, 0) is 30.3 Å². The smallest absolute Gasteiger partial charge is 0.163 e. The molecule has 132 valence electrons. The minimum absolute atomic E-state index is 0.0774. The van der Waals surface area contributed by atoms with Crippen molar-refractivity contribution in [3.8, 4) is 11.5 Å². The van der Waals surface area contributed by atoms with Crippen molar-refractivity contribution in [1.29, 1.82) is 0 Å². The van der Waals surface area contributed by atoms with Crippen LogP contribution in [0.2, 0.25) is 0 Å². The SMILES string of the molecule is COc1ccc(C(=O)CCC(=O)c2ccc3cccnc3c2)cc1OC. The van der Waals surface area contributed by atoms with Gasteiger partial charge in [0.25, 0.3) is 0 Å². The normalized spacial score (nSPS) is 10.5. The van der Waals surface area contributed by atoms with Crippen LogP contribution in [0.1, 0.15) is 33.6 Å². The number of hydrogen-bond donors (Lipinski definition) is 0. The molecule has 0 fully saturated rings. The van der Waals surface area contributed by atoms with Crippen molar-refractivity contribution < 1.29 is 19.1 Å².